The third kappa shape index (κ3) is 3.62. The fourth-order valence-electron chi connectivity index (χ4n) is 3.16. The summed E-state index contributed by atoms with van der Waals surface area (Å²) in [6.45, 7) is 3.20. The van der Waals surface area contributed by atoms with Crippen molar-refractivity contribution in [1.29, 1.82) is 0 Å². The van der Waals surface area contributed by atoms with Crippen molar-refractivity contribution in [1.82, 2.24) is 9.80 Å². The summed E-state index contributed by atoms with van der Waals surface area (Å²) in [5.74, 6) is -0.802. The van der Waals surface area contributed by atoms with Crippen LogP contribution in [0.1, 0.15) is 25.7 Å². The minimum Gasteiger partial charge on any atom is -0.481 e. The molecule has 0 aromatic rings. The number of aliphatic carboxylic acids is 1. The van der Waals surface area contributed by atoms with Crippen molar-refractivity contribution in [2.45, 2.75) is 25.7 Å². The number of methoxy groups -OCH3 is 1. The maximum Gasteiger partial charge on any atom is 0.320 e. The van der Waals surface area contributed by atoms with Gasteiger partial charge in [0, 0.05) is 39.2 Å². The van der Waals surface area contributed by atoms with Crippen molar-refractivity contribution < 1.29 is 19.4 Å². The Morgan fingerprint density at radius 2 is 1.80 bits per heavy atom. The number of hydrogen-bond donors (Lipinski definition) is 1. The van der Waals surface area contributed by atoms with Crippen LogP contribution < -0.4 is 0 Å². The van der Waals surface area contributed by atoms with Crippen LogP contribution in [-0.2, 0) is 9.53 Å². The molecule has 2 atom stereocenters. The minimum absolute atomic E-state index is 0.00301. The molecular weight excluding hydrogens is 260 g/mol. The highest BCUT2D eigenvalue weighted by Crippen LogP contribution is 2.21. The molecule has 2 saturated heterocycles. The molecule has 0 spiro atoms. The van der Waals surface area contributed by atoms with E-state index in [4.69, 9.17) is 9.84 Å². The predicted molar refractivity (Wildman–Crippen MR) is 73.5 cm³/mol. The predicted octanol–water partition coefficient (Wildman–Crippen LogP) is 1.26. The Kier molecular flexibility index (Phi) is 5.23. The lowest BCUT2D eigenvalue weighted by atomic mass is 9.97. The molecule has 0 radical (unpaired) electrons. The molecule has 2 fully saturated rings. The number of carboxylic acids is 1. The van der Waals surface area contributed by atoms with E-state index in [1.54, 1.807) is 12.0 Å². The van der Waals surface area contributed by atoms with Crippen LogP contribution in [0.2, 0.25) is 0 Å². The topological polar surface area (TPSA) is 70.1 Å². The maximum absolute atomic E-state index is 12.5. The van der Waals surface area contributed by atoms with E-state index in [1.807, 2.05) is 4.90 Å². The van der Waals surface area contributed by atoms with Crippen molar-refractivity contribution in [3.8, 4) is 0 Å². The molecule has 114 valence electrons. The van der Waals surface area contributed by atoms with Gasteiger partial charge in [0.1, 0.15) is 0 Å². The Morgan fingerprint density at radius 1 is 1.15 bits per heavy atom. The van der Waals surface area contributed by atoms with E-state index in [1.165, 1.54) is 0 Å². The van der Waals surface area contributed by atoms with Crippen LogP contribution in [0.15, 0.2) is 0 Å². The zero-order valence-corrected chi connectivity index (χ0v) is 12.1. The first-order valence-corrected chi connectivity index (χ1v) is 7.37. The molecule has 2 aliphatic heterocycles. The Bertz CT molecular complexity index is 359. The van der Waals surface area contributed by atoms with Crippen LogP contribution >= 0.6 is 0 Å². The number of piperidine rings is 2. The standard InChI is InChI=1S/C14H24N2O4/c1-20-10-11-4-2-6-15(8-11)14(19)16-7-3-5-12(9-16)13(17)18/h11-12H,2-10H2,1H3,(H,17,18). The van der Waals surface area contributed by atoms with Crippen LogP contribution in [0.25, 0.3) is 0 Å². The molecule has 0 saturated carbocycles. The molecule has 0 aliphatic carbocycles. The first-order valence-electron chi connectivity index (χ1n) is 7.37. The summed E-state index contributed by atoms with van der Waals surface area (Å²) in [5.41, 5.74) is 0. The Hall–Kier alpha value is -1.30. The second-order valence-electron chi connectivity index (χ2n) is 5.82. The summed E-state index contributed by atoms with van der Waals surface area (Å²) in [4.78, 5) is 27.1. The zero-order chi connectivity index (χ0) is 14.5. The second kappa shape index (κ2) is 6.92. The Morgan fingerprint density at radius 3 is 2.45 bits per heavy atom. The van der Waals surface area contributed by atoms with Crippen LogP contribution in [0, 0.1) is 11.8 Å². The summed E-state index contributed by atoms with van der Waals surface area (Å²) in [6, 6.07) is -0.00301. The van der Waals surface area contributed by atoms with E-state index in [0.717, 1.165) is 32.4 Å². The van der Waals surface area contributed by atoms with Gasteiger partial charge >= 0.3 is 12.0 Å². The van der Waals surface area contributed by atoms with Crippen molar-refractivity contribution in [2.24, 2.45) is 11.8 Å². The van der Waals surface area contributed by atoms with E-state index in [0.29, 0.717) is 32.0 Å². The van der Waals surface area contributed by atoms with Crippen LogP contribution in [-0.4, -0.2) is 66.8 Å². The third-order valence-electron chi connectivity index (χ3n) is 4.23. The van der Waals surface area contributed by atoms with Gasteiger partial charge in [-0.1, -0.05) is 0 Å². The van der Waals surface area contributed by atoms with Crippen molar-refractivity contribution in [2.75, 3.05) is 39.9 Å². The van der Waals surface area contributed by atoms with E-state index >= 15 is 0 Å². The highest BCUT2D eigenvalue weighted by Gasteiger charge is 2.32. The summed E-state index contributed by atoms with van der Waals surface area (Å²) >= 11 is 0. The van der Waals surface area contributed by atoms with Gasteiger partial charge in [0.25, 0.3) is 0 Å². The normalized spacial score (nSPS) is 27.4. The fourth-order valence-corrected chi connectivity index (χ4v) is 3.16. The Labute approximate surface area is 119 Å². The average molecular weight is 284 g/mol. The van der Waals surface area contributed by atoms with Crippen molar-refractivity contribution in [3.05, 3.63) is 0 Å². The van der Waals surface area contributed by atoms with Gasteiger partial charge in [-0.2, -0.15) is 0 Å². The largest absolute Gasteiger partial charge is 0.481 e. The number of urea groups is 1. The number of carbonyl (C=O) groups is 2. The van der Waals surface area contributed by atoms with Gasteiger partial charge in [0.15, 0.2) is 0 Å². The number of carboxylic acid groups (broad SMARTS) is 1. The van der Waals surface area contributed by atoms with Gasteiger partial charge in [-0.25, -0.2) is 4.79 Å². The highest BCUT2D eigenvalue weighted by atomic mass is 16.5. The molecular formula is C14H24N2O4. The summed E-state index contributed by atoms with van der Waals surface area (Å²) < 4.78 is 5.17. The van der Waals surface area contributed by atoms with Crippen molar-refractivity contribution in [3.63, 3.8) is 0 Å². The Balaban J connectivity index is 1.91. The molecule has 0 aromatic carbocycles. The first-order chi connectivity index (χ1) is 9.61. The van der Waals surface area contributed by atoms with Crippen molar-refractivity contribution >= 4 is 12.0 Å². The molecule has 6 nitrogen and oxygen atoms in total. The number of ether oxygens (including phenoxy) is 1. The quantitative estimate of drug-likeness (QED) is 0.847. The first kappa shape index (κ1) is 15.1. The van der Waals surface area contributed by atoms with Gasteiger partial charge in [-0.05, 0) is 25.7 Å². The number of likely N-dealkylation sites (tertiary alicyclic amines) is 2. The molecule has 2 heterocycles. The SMILES string of the molecule is COCC1CCCN(C(=O)N2CCCC(C(=O)O)C2)C1. The molecule has 0 bridgehead atoms. The summed E-state index contributed by atoms with van der Waals surface area (Å²) in [6.07, 6.45) is 3.54. The van der Waals surface area contributed by atoms with Crippen LogP contribution in [0.3, 0.4) is 0 Å². The molecule has 20 heavy (non-hydrogen) atoms. The van der Waals surface area contributed by atoms with Gasteiger partial charge in [0.05, 0.1) is 12.5 Å². The lowest BCUT2D eigenvalue weighted by Crippen LogP contribution is -2.51. The molecule has 2 aliphatic rings. The summed E-state index contributed by atoms with van der Waals surface area (Å²) in [5, 5.41) is 9.09. The molecule has 0 aromatic heterocycles. The lowest BCUT2D eigenvalue weighted by Gasteiger charge is -2.38. The lowest BCUT2D eigenvalue weighted by molar-refractivity contribution is -0.143. The van der Waals surface area contributed by atoms with E-state index < -0.39 is 11.9 Å². The maximum atomic E-state index is 12.5. The smallest absolute Gasteiger partial charge is 0.320 e. The van der Waals surface area contributed by atoms with Gasteiger partial charge in [0.2, 0.25) is 0 Å². The van der Waals surface area contributed by atoms with Gasteiger partial charge < -0.3 is 19.6 Å². The molecule has 6 heteroatoms. The monoisotopic (exact) mass is 284 g/mol. The number of amides is 2. The zero-order valence-electron chi connectivity index (χ0n) is 12.1. The minimum atomic E-state index is -0.793. The van der Waals surface area contributed by atoms with E-state index in [-0.39, 0.29) is 6.03 Å². The fraction of sp³-hybridized carbons (Fsp3) is 0.857. The summed E-state index contributed by atoms with van der Waals surface area (Å²) in [7, 11) is 1.68. The number of nitrogens with zero attached hydrogens (tertiary/aromatic N) is 2. The molecule has 2 amide bonds. The third-order valence-corrected chi connectivity index (χ3v) is 4.23. The number of carbonyl (C=O) groups excluding carboxylic acids is 1. The molecule has 2 rings (SSSR count). The van der Waals surface area contributed by atoms with Gasteiger partial charge in [-0.3, -0.25) is 4.79 Å². The second-order valence-corrected chi connectivity index (χ2v) is 5.82. The van der Waals surface area contributed by atoms with Crippen LogP contribution in [0.4, 0.5) is 4.79 Å². The highest BCUT2D eigenvalue weighted by molar-refractivity contribution is 5.76. The number of rotatable bonds is 3. The van der Waals surface area contributed by atoms with Crippen LogP contribution in [0.5, 0.6) is 0 Å². The molecule has 1 N–H and O–H groups in total. The van der Waals surface area contributed by atoms with E-state index in [9.17, 15) is 9.59 Å². The average Bonchev–Trinajstić information content (AvgIpc) is 2.47. The van der Waals surface area contributed by atoms with E-state index in [2.05, 4.69) is 0 Å². The van der Waals surface area contributed by atoms with Gasteiger partial charge in [-0.15, -0.1) is 0 Å². The number of hydrogen-bond acceptors (Lipinski definition) is 3. The molecule has 2 unspecified atom stereocenters.